The maximum Gasteiger partial charge on any atom is 0.260 e. The van der Waals surface area contributed by atoms with Crippen LogP contribution in [0, 0.1) is 5.92 Å². The Morgan fingerprint density at radius 3 is 2.48 bits per heavy atom. The topological polar surface area (TPSA) is 41.6 Å². The zero-order chi connectivity index (χ0) is 17.6. The molecule has 2 rings (SSSR count). The van der Waals surface area contributed by atoms with E-state index in [1.165, 1.54) is 0 Å². The van der Waals surface area contributed by atoms with Gasteiger partial charge in [0.2, 0.25) is 0 Å². The predicted octanol–water partition coefficient (Wildman–Crippen LogP) is 3.63. The first-order chi connectivity index (χ1) is 11.4. The Morgan fingerprint density at radius 2 is 1.88 bits per heavy atom. The van der Waals surface area contributed by atoms with Gasteiger partial charge in [0.15, 0.2) is 6.61 Å². The third-order valence-corrected chi connectivity index (χ3v) is 4.70. The highest BCUT2D eigenvalue weighted by atomic mass is 35.5. The van der Waals surface area contributed by atoms with Gasteiger partial charge in [-0.1, -0.05) is 45.9 Å². The molecule has 1 aliphatic heterocycles. The number of halogens is 1. The van der Waals surface area contributed by atoms with Gasteiger partial charge in [0.1, 0.15) is 5.75 Å². The Morgan fingerprint density at radius 1 is 1.24 bits per heavy atom. The number of piperidine rings is 1. The van der Waals surface area contributed by atoms with E-state index in [9.17, 15) is 4.79 Å². The molecule has 0 aliphatic carbocycles. The maximum atomic E-state index is 12.4. The molecule has 1 aromatic carbocycles. The highest BCUT2D eigenvalue weighted by molar-refractivity contribution is 5.85. The molecule has 1 fully saturated rings. The number of likely N-dealkylation sites (tertiary alicyclic amines) is 1. The van der Waals surface area contributed by atoms with Gasteiger partial charge in [-0.05, 0) is 48.9 Å². The fourth-order valence-electron chi connectivity index (χ4n) is 3.18. The Bertz CT molecular complexity index is 535. The minimum Gasteiger partial charge on any atom is -0.483 e. The third-order valence-electron chi connectivity index (χ3n) is 4.70. The molecule has 5 heteroatoms. The van der Waals surface area contributed by atoms with Gasteiger partial charge in [-0.25, -0.2) is 0 Å². The van der Waals surface area contributed by atoms with Gasteiger partial charge in [0, 0.05) is 13.1 Å². The van der Waals surface area contributed by atoms with Crippen LogP contribution in [0.2, 0.25) is 0 Å². The van der Waals surface area contributed by atoms with Crippen molar-refractivity contribution in [3.63, 3.8) is 0 Å². The average Bonchev–Trinajstić information content (AvgIpc) is 2.57. The summed E-state index contributed by atoms with van der Waals surface area (Å²) in [4.78, 5) is 14.4. The number of para-hydroxylation sites is 1. The van der Waals surface area contributed by atoms with E-state index in [-0.39, 0.29) is 30.3 Å². The van der Waals surface area contributed by atoms with Crippen molar-refractivity contribution in [2.24, 2.45) is 5.92 Å². The van der Waals surface area contributed by atoms with E-state index in [0.29, 0.717) is 5.92 Å². The maximum absolute atomic E-state index is 12.4. The molecule has 1 amide bonds. The lowest BCUT2D eigenvalue weighted by molar-refractivity contribution is -0.134. The number of hydrogen-bond donors (Lipinski definition) is 1. The Kier molecular flexibility index (Phi) is 8.74. The molecule has 0 aromatic heterocycles. The van der Waals surface area contributed by atoms with Crippen molar-refractivity contribution in [3.8, 4) is 5.75 Å². The fraction of sp³-hybridized carbons (Fsp3) is 0.650. The molecule has 1 N–H and O–H groups in total. The molecule has 0 saturated carbocycles. The minimum absolute atomic E-state index is 0. The number of hydrogen-bond acceptors (Lipinski definition) is 3. The molecular weight excluding hydrogens is 336 g/mol. The number of ether oxygens (including phenoxy) is 1. The minimum atomic E-state index is 0. The second-order valence-corrected chi connectivity index (χ2v) is 7.67. The van der Waals surface area contributed by atoms with E-state index in [1.807, 2.05) is 23.1 Å². The standard InChI is InChI=1S/C20H32N2O2.ClH/c1-5-21-14-16-10-12-22(13-11-16)19(23)15-24-18-9-7-6-8-17(18)20(2,3)4;/h6-9,16,21H,5,10-15H2,1-4H3;1H. The van der Waals surface area contributed by atoms with Gasteiger partial charge in [0.25, 0.3) is 5.91 Å². The second-order valence-electron chi connectivity index (χ2n) is 7.67. The number of rotatable bonds is 6. The summed E-state index contributed by atoms with van der Waals surface area (Å²) in [5.41, 5.74) is 1.15. The summed E-state index contributed by atoms with van der Waals surface area (Å²) in [5, 5.41) is 3.40. The summed E-state index contributed by atoms with van der Waals surface area (Å²) in [5.74, 6) is 1.61. The lowest BCUT2D eigenvalue weighted by Gasteiger charge is -2.32. The average molecular weight is 369 g/mol. The molecule has 1 aromatic rings. The molecule has 1 heterocycles. The van der Waals surface area contributed by atoms with Gasteiger partial charge < -0.3 is 15.0 Å². The van der Waals surface area contributed by atoms with E-state index < -0.39 is 0 Å². The van der Waals surface area contributed by atoms with Crippen LogP contribution in [0.3, 0.4) is 0 Å². The van der Waals surface area contributed by atoms with Crippen molar-refractivity contribution in [1.29, 1.82) is 0 Å². The Labute approximate surface area is 158 Å². The van der Waals surface area contributed by atoms with Gasteiger partial charge >= 0.3 is 0 Å². The normalized spacial score (nSPS) is 15.6. The van der Waals surface area contributed by atoms with E-state index in [4.69, 9.17) is 4.74 Å². The summed E-state index contributed by atoms with van der Waals surface area (Å²) in [6.45, 7) is 12.5. The molecule has 0 radical (unpaired) electrons. The molecule has 0 atom stereocenters. The van der Waals surface area contributed by atoms with Crippen LogP contribution < -0.4 is 10.1 Å². The summed E-state index contributed by atoms with van der Waals surface area (Å²) >= 11 is 0. The molecular formula is C20H33ClN2O2. The smallest absolute Gasteiger partial charge is 0.260 e. The molecule has 0 bridgehead atoms. The van der Waals surface area contributed by atoms with Crippen LogP contribution in [0.4, 0.5) is 0 Å². The molecule has 4 nitrogen and oxygen atoms in total. The molecule has 0 unspecified atom stereocenters. The summed E-state index contributed by atoms with van der Waals surface area (Å²) in [6.07, 6.45) is 2.16. The zero-order valence-electron chi connectivity index (χ0n) is 16.0. The van der Waals surface area contributed by atoms with Crippen LogP contribution in [0.15, 0.2) is 24.3 Å². The third kappa shape index (κ3) is 6.52. The molecule has 1 aliphatic rings. The van der Waals surface area contributed by atoms with E-state index in [2.05, 4.69) is 39.1 Å². The molecule has 25 heavy (non-hydrogen) atoms. The number of benzene rings is 1. The monoisotopic (exact) mass is 368 g/mol. The number of amides is 1. The SMILES string of the molecule is CCNCC1CCN(C(=O)COc2ccccc2C(C)(C)C)CC1.Cl. The highest BCUT2D eigenvalue weighted by Crippen LogP contribution is 2.31. The van der Waals surface area contributed by atoms with Crippen molar-refractivity contribution in [2.75, 3.05) is 32.8 Å². The van der Waals surface area contributed by atoms with Crippen LogP contribution in [-0.2, 0) is 10.2 Å². The number of nitrogens with zero attached hydrogens (tertiary/aromatic N) is 1. The van der Waals surface area contributed by atoms with Gasteiger partial charge in [-0.2, -0.15) is 0 Å². The number of carbonyl (C=O) groups excluding carboxylic acids is 1. The lowest BCUT2D eigenvalue weighted by atomic mass is 9.86. The highest BCUT2D eigenvalue weighted by Gasteiger charge is 2.24. The molecule has 1 saturated heterocycles. The summed E-state index contributed by atoms with van der Waals surface area (Å²) in [7, 11) is 0. The first kappa shape index (κ1) is 21.8. The number of nitrogens with one attached hydrogen (secondary N) is 1. The van der Waals surface area contributed by atoms with Crippen molar-refractivity contribution in [2.45, 2.75) is 46.0 Å². The van der Waals surface area contributed by atoms with Crippen LogP contribution in [0.1, 0.15) is 46.1 Å². The first-order valence-corrected chi connectivity index (χ1v) is 9.12. The number of carbonyl (C=O) groups is 1. The Hall–Kier alpha value is -1.26. The van der Waals surface area contributed by atoms with Crippen LogP contribution in [0.5, 0.6) is 5.75 Å². The van der Waals surface area contributed by atoms with Crippen LogP contribution >= 0.6 is 12.4 Å². The van der Waals surface area contributed by atoms with Crippen LogP contribution in [-0.4, -0.2) is 43.6 Å². The van der Waals surface area contributed by atoms with Crippen molar-refractivity contribution in [1.82, 2.24) is 10.2 Å². The quantitative estimate of drug-likeness (QED) is 0.833. The molecule has 0 spiro atoms. The largest absolute Gasteiger partial charge is 0.483 e. The van der Waals surface area contributed by atoms with Crippen molar-refractivity contribution >= 4 is 18.3 Å². The van der Waals surface area contributed by atoms with Gasteiger partial charge in [0.05, 0.1) is 0 Å². The van der Waals surface area contributed by atoms with E-state index in [1.54, 1.807) is 0 Å². The van der Waals surface area contributed by atoms with Crippen molar-refractivity contribution in [3.05, 3.63) is 29.8 Å². The van der Waals surface area contributed by atoms with E-state index in [0.717, 1.165) is 50.3 Å². The fourth-order valence-corrected chi connectivity index (χ4v) is 3.18. The summed E-state index contributed by atoms with van der Waals surface area (Å²) in [6, 6.07) is 8.01. The lowest BCUT2D eigenvalue weighted by Crippen LogP contribution is -2.42. The van der Waals surface area contributed by atoms with Crippen LogP contribution in [0.25, 0.3) is 0 Å². The Balaban J connectivity index is 0.00000312. The first-order valence-electron chi connectivity index (χ1n) is 9.12. The summed E-state index contributed by atoms with van der Waals surface area (Å²) < 4.78 is 5.87. The van der Waals surface area contributed by atoms with Gasteiger partial charge in [-0.3, -0.25) is 4.79 Å². The predicted molar refractivity (Wildman–Crippen MR) is 106 cm³/mol. The second kappa shape index (κ2) is 10.0. The van der Waals surface area contributed by atoms with Gasteiger partial charge in [-0.15, -0.1) is 12.4 Å². The van der Waals surface area contributed by atoms with Crippen molar-refractivity contribution < 1.29 is 9.53 Å². The zero-order valence-corrected chi connectivity index (χ0v) is 16.8. The van der Waals surface area contributed by atoms with E-state index >= 15 is 0 Å². The molecule has 142 valence electrons.